The van der Waals surface area contributed by atoms with Gasteiger partial charge in [0.25, 0.3) is 0 Å². The Hall–Kier alpha value is -0.860. The van der Waals surface area contributed by atoms with Gasteiger partial charge in [-0.3, -0.25) is 0 Å². The molecule has 1 saturated heterocycles. The second-order valence-electron chi connectivity index (χ2n) is 6.89. The molecule has 1 aromatic rings. The van der Waals surface area contributed by atoms with Crippen molar-refractivity contribution in [3.63, 3.8) is 0 Å². The lowest BCUT2D eigenvalue weighted by Gasteiger charge is -2.41. The van der Waals surface area contributed by atoms with Gasteiger partial charge >= 0.3 is 0 Å². The minimum absolute atomic E-state index is 0.00667. The number of hydrogen-bond acceptors (Lipinski definition) is 2. The van der Waals surface area contributed by atoms with E-state index in [2.05, 4.69) is 37.4 Å². The van der Waals surface area contributed by atoms with Gasteiger partial charge in [0, 0.05) is 12.6 Å². The lowest BCUT2D eigenvalue weighted by Crippen LogP contribution is -2.53. The van der Waals surface area contributed by atoms with Crippen molar-refractivity contribution in [3.05, 3.63) is 34.9 Å². The van der Waals surface area contributed by atoms with Crippen molar-refractivity contribution < 1.29 is 4.74 Å². The number of benzene rings is 1. The summed E-state index contributed by atoms with van der Waals surface area (Å²) in [6.45, 7) is 6.42. The van der Waals surface area contributed by atoms with Gasteiger partial charge in [-0.15, -0.1) is 0 Å². The molecule has 0 amide bonds. The lowest BCUT2D eigenvalue weighted by atomic mass is 9.84. The third-order valence-electron chi connectivity index (χ3n) is 5.29. The molecule has 1 aliphatic heterocycles. The molecule has 0 aromatic heterocycles. The van der Waals surface area contributed by atoms with Crippen LogP contribution in [0.4, 0.5) is 0 Å². The summed E-state index contributed by atoms with van der Waals surface area (Å²) in [5, 5.41) is 3.68. The highest BCUT2D eigenvalue weighted by Gasteiger charge is 2.36. The van der Waals surface area contributed by atoms with Gasteiger partial charge in [0.15, 0.2) is 0 Å². The number of fused-ring (bicyclic) bond motifs is 1. The molecule has 2 atom stereocenters. The number of nitrogens with one attached hydrogen (secondary N) is 1. The van der Waals surface area contributed by atoms with E-state index in [1.165, 1.54) is 44.1 Å². The summed E-state index contributed by atoms with van der Waals surface area (Å²) in [5.74, 6) is 0. The molecule has 0 saturated carbocycles. The molecule has 2 aliphatic rings. The molecule has 0 spiro atoms. The van der Waals surface area contributed by atoms with Gasteiger partial charge in [-0.25, -0.2) is 0 Å². The molecule has 116 valence electrons. The second-order valence-corrected chi connectivity index (χ2v) is 6.89. The normalized spacial score (nSPS) is 26.6. The van der Waals surface area contributed by atoms with Gasteiger partial charge in [-0.1, -0.05) is 25.1 Å². The molecule has 1 aliphatic carbocycles. The number of likely N-dealkylation sites (N-methyl/N-ethyl adjacent to an activating group) is 1. The summed E-state index contributed by atoms with van der Waals surface area (Å²) in [7, 11) is 0. The van der Waals surface area contributed by atoms with Gasteiger partial charge in [0.05, 0.1) is 5.60 Å². The average molecular weight is 287 g/mol. The summed E-state index contributed by atoms with van der Waals surface area (Å²) in [6, 6.07) is 7.55. The number of ether oxygens (including phenoxy) is 1. The number of rotatable bonds is 5. The van der Waals surface area contributed by atoms with Crippen molar-refractivity contribution in [1.82, 2.24) is 5.32 Å². The Morgan fingerprint density at radius 1 is 1.19 bits per heavy atom. The first-order chi connectivity index (χ1) is 10.2. The van der Waals surface area contributed by atoms with Crippen LogP contribution in [0.5, 0.6) is 0 Å². The Kier molecular flexibility index (Phi) is 4.66. The van der Waals surface area contributed by atoms with E-state index >= 15 is 0 Å². The van der Waals surface area contributed by atoms with Crippen LogP contribution in [0.3, 0.4) is 0 Å². The van der Waals surface area contributed by atoms with Crippen LogP contribution in [0.1, 0.15) is 56.2 Å². The van der Waals surface area contributed by atoms with Crippen LogP contribution in [0.15, 0.2) is 18.2 Å². The average Bonchev–Trinajstić information content (AvgIpc) is 2.95. The Labute approximate surface area is 129 Å². The first kappa shape index (κ1) is 15.1. The maximum absolute atomic E-state index is 6.18. The highest BCUT2D eigenvalue weighted by atomic mass is 16.5. The van der Waals surface area contributed by atoms with Gasteiger partial charge in [0.2, 0.25) is 0 Å². The fourth-order valence-corrected chi connectivity index (χ4v) is 3.97. The van der Waals surface area contributed by atoms with Crippen molar-refractivity contribution in [2.45, 2.75) is 70.4 Å². The Balaban J connectivity index is 1.75. The monoisotopic (exact) mass is 287 g/mol. The molecule has 2 heteroatoms. The smallest absolute Gasteiger partial charge is 0.0810 e. The standard InChI is InChI=1S/C19H29NO/c1-3-20-18(19(2)11-4-5-12-21-19)14-15-9-10-16-7-6-8-17(16)13-15/h9-10,13,18,20H,3-8,11-12,14H2,1-2H3. The fourth-order valence-electron chi connectivity index (χ4n) is 3.97. The molecule has 2 nitrogen and oxygen atoms in total. The highest BCUT2D eigenvalue weighted by molar-refractivity contribution is 5.35. The predicted octanol–water partition coefficient (Wildman–Crippen LogP) is 3.66. The van der Waals surface area contributed by atoms with Crippen LogP contribution in [-0.4, -0.2) is 24.8 Å². The van der Waals surface area contributed by atoms with E-state index < -0.39 is 0 Å². The van der Waals surface area contributed by atoms with Crippen LogP contribution in [-0.2, 0) is 24.0 Å². The van der Waals surface area contributed by atoms with Gasteiger partial charge < -0.3 is 10.1 Å². The summed E-state index contributed by atoms with van der Waals surface area (Å²) < 4.78 is 6.18. The highest BCUT2D eigenvalue weighted by Crippen LogP contribution is 2.30. The van der Waals surface area contributed by atoms with Crippen molar-refractivity contribution in [2.24, 2.45) is 0 Å². The van der Waals surface area contributed by atoms with Gasteiger partial charge in [0.1, 0.15) is 0 Å². The molecular formula is C19H29NO. The topological polar surface area (TPSA) is 21.3 Å². The van der Waals surface area contributed by atoms with E-state index in [0.717, 1.165) is 19.6 Å². The third kappa shape index (κ3) is 3.32. The maximum atomic E-state index is 6.18. The van der Waals surface area contributed by atoms with Crippen LogP contribution < -0.4 is 5.32 Å². The van der Waals surface area contributed by atoms with Crippen LogP contribution in [0.25, 0.3) is 0 Å². The van der Waals surface area contributed by atoms with Crippen molar-refractivity contribution in [2.75, 3.05) is 13.2 Å². The summed E-state index contributed by atoms with van der Waals surface area (Å²) >= 11 is 0. The van der Waals surface area contributed by atoms with Crippen LogP contribution >= 0.6 is 0 Å². The first-order valence-electron chi connectivity index (χ1n) is 8.69. The largest absolute Gasteiger partial charge is 0.374 e. The molecule has 0 radical (unpaired) electrons. The molecule has 1 fully saturated rings. The molecule has 1 heterocycles. The van der Waals surface area contributed by atoms with Crippen molar-refractivity contribution >= 4 is 0 Å². The lowest BCUT2D eigenvalue weighted by molar-refractivity contribution is -0.0881. The maximum Gasteiger partial charge on any atom is 0.0810 e. The van der Waals surface area contributed by atoms with E-state index in [9.17, 15) is 0 Å². The Bertz CT molecular complexity index is 476. The first-order valence-corrected chi connectivity index (χ1v) is 8.69. The fraction of sp³-hybridized carbons (Fsp3) is 0.684. The van der Waals surface area contributed by atoms with Gasteiger partial charge in [-0.05, 0) is 75.1 Å². The Morgan fingerprint density at radius 3 is 2.81 bits per heavy atom. The molecule has 3 rings (SSSR count). The SMILES string of the molecule is CCNC(Cc1ccc2c(c1)CCC2)C1(C)CCCCO1. The van der Waals surface area contributed by atoms with Crippen molar-refractivity contribution in [3.8, 4) is 0 Å². The summed E-state index contributed by atoms with van der Waals surface area (Å²) in [5.41, 5.74) is 4.61. The van der Waals surface area contributed by atoms with E-state index in [-0.39, 0.29) is 5.60 Å². The molecular weight excluding hydrogens is 258 g/mol. The van der Waals surface area contributed by atoms with Crippen molar-refractivity contribution in [1.29, 1.82) is 0 Å². The predicted molar refractivity (Wildman–Crippen MR) is 87.8 cm³/mol. The number of aryl methyl sites for hydroxylation is 2. The molecule has 21 heavy (non-hydrogen) atoms. The second kappa shape index (κ2) is 6.50. The van der Waals surface area contributed by atoms with E-state index in [1.807, 2.05) is 0 Å². The van der Waals surface area contributed by atoms with Crippen LogP contribution in [0.2, 0.25) is 0 Å². The van der Waals surface area contributed by atoms with Gasteiger partial charge in [-0.2, -0.15) is 0 Å². The van der Waals surface area contributed by atoms with Crippen LogP contribution in [0, 0.1) is 0 Å². The molecule has 1 N–H and O–H groups in total. The molecule has 2 unspecified atom stereocenters. The Morgan fingerprint density at radius 2 is 2.05 bits per heavy atom. The van der Waals surface area contributed by atoms with E-state index in [1.54, 1.807) is 11.1 Å². The molecule has 0 bridgehead atoms. The molecule has 1 aromatic carbocycles. The summed E-state index contributed by atoms with van der Waals surface area (Å²) in [6.07, 6.45) is 8.63. The zero-order chi connectivity index (χ0) is 14.7. The van der Waals surface area contributed by atoms with E-state index in [4.69, 9.17) is 4.74 Å². The zero-order valence-corrected chi connectivity index (χ0v) is 13.6. The quantitative estimate of drug-likeness (QED) is 0.892. The third-order valence-corrected chi connectivity index (χ3v) is 5.29. The van der Waals surface area contributed by atoms with E-state index in [0.29, 0.717) is 6.04 Å². The number of hydrogen-bond donors (Lipinski definition) is 1. The zero-order valence-electron chi connectivity index (χ0n) is 13.6. The summed E-state index contributed by atoms with van der Waals surface area (Å²) in [4.78, 5) is 0. The minimum atomic E-state index is -0.00667. The minimum Gasteiger partial charge on any atom is -0.374 e.